The molecule has 6 nitrogen and oxygen atoms in total. The topological polar surface area (TPSA) is 78.9 Å². The Balaban J connectivity index is 4.37. The third-order valence-electron chi connectivity index (χ3n) is 12.9. The van der Waals surface area contributed by atoms with Crippen molar-refractivity contribution in [2.45, 2.75) is 277 Å². The Hall–Kier alpha value is -4.45. The Bertz CT molecular complexity index is 1630. The molecule has 0 aliphatic rings. The minimum atomic E-state index is -0.826. The highest BCUT2D eigenvalue weighted by Gasteiger charge is 2.19. The van der Waals surface area contributed by atoms with Crippen LogP contribution in [0.2, 0.25) is 0 Å². The number of ether oxygens (including phenoxy) is 3. The highest BCUT2D eigenvalue weighted by molar-refractivity contribution is 5.71. The number of rotatable bonds is 55. The van der Waals surface area contributed by atoms with Crippen molar-refractivity contribution in [2.24, 2.45) is 0 Å². The fraction of sp³-hybridized carbons (Fsp3) is 0.643. The van der Waals surface area contributed by atoms with Crippen LogP contribution in [0.4, 0.5) is 0 Å². The molecule has 0 N–H and O–H groups in total. The van der Waals surface area contributed by atoms with Gasteiger partial charge in [0.15, 0.2) is 6.10 Å². The third-order valence-corrected chi connectivity index (χ3v) is 12.9. The Morgan fingerprint density at radius 2 is 0.539 bits per heavy atom. The van der Waals surface area contributed by atoms with Crippen molar-refractivity contribution in [2.75, 3.05) is 13.2 Å². The summed E-state index contributed by atoms with van der Waals surface area (Å²) in [6.07, 6.45) is 89.0. The molecule has 0 radical (unpaired) electrons. The van der Waals surface area contributed by atoms with Gasteiger partial charge in [0, 0.05) is 19.3 Å². The van der Waals surface area contributed by atoms with E-state index in [-0.39, 0.29) is 31.6 Å². The second kappa shape index (κ2) is 63.1. The van der Waals surface area contributed by atoms with Gasteiger partial charge in [-0.3, -0.25) is 14.4 Å². The largest absolute Gasteiger partial charge is 0.462 e. The van der Waals surface area contributed by atoms with Crippen LogP contribution in [0.5, 0.6) is 0 Å². The summed E-state index contributed by atoms with van der Waals surface area (Å²) in [7, 11) is 0. The number of esters is 3. The van der Waals surface area contributed by atoms with Crippen LogP contribution >= 0.6 is 0 Å². The maximum atomic E-state index is 12.8. The molecule has 0 heterocycles. The summed E-state index contributed by atoms with van der Waals surface area (Å²) in [5.74, 6) is -1.01. The van der Waals surface area contributed by atoms with Crippen LogP contribution in [0.1, 0.15) is 271 Å². The van der Waals surface area contributed by atoms with Gasteiger partial charge in [0.25, 0.3) is 0 Å². The maximum absolute atomic E-state index is 12.8. The highest BCUT2D eigenvalue weighted by Crippen LogP contribution is 2.15. The van der Waals surface area contributed by atoms with Gasteiger partial charge in [-0.2, -0.15) is 0 Å². The fourth-order valence-electron chi connectivity index (χ4n) is 8.28. The standard InChI is InChI=1S/C70H114O6/c1-4-7-10-13-16-19-22-25-27-29-31-32-33-34-35-36-37-38-40-41-43-45-48-51-54-57-60-63-69(72)75-66-67(65-74-68(71)62-59-56-53-50-47-24-21-18-15-12-9-6-3)76-70(73)64-61-58-55-52-49-46-44-42-39-30-28-26-23-20-17-14-11-8-5-2/h7-8,10-11,16-21,25-28,31-32,39,42,46,49,55,58,67H,4-6,9,12-15,22-24,29-30,33-38,40-41,43-45,47-48,50-54,56-57,59-66H2,1-3H3/b10-7-,11-8-,19-16-,20-17-,21-18-,27-25-,28-26-,32-31-,42-39-,49-46-,58-55-. The summed E-state index contributed by atoms with van der Waals surface area (Å²) >= 11 is 0. The summed E-state index contributed by atoms with van der Waals surface area (Å²) < 4.78 is 16.8. The molecule has 0 fully saturated rings. The molecule has 0 amide bonds. The van der Waals surface area contributed by atoms with Gasteiger partial charge in [-0.05, 0) is 122 Å². The average molecular weight is 1050 g/mol. The minimum absolute atomic E-state index is 0.114. The van der Waals surface area contributed by atoms with Crippen LogP contribution in [0.3, 0.4) is 0 Å². The first-order valence-electron chi connectivity index (χ1n) is 31.2. The van der Waals surface area contributed by atoms with Gasteiger partial charge in [0.2, 0.25) is 0 Å². The lowest BCUT2D eigenvalue weighted by Gasteiger charge is -2.18. The molecule has 0 spiro atoms. The average Bonchev–Trinajstić information content (AvgIpc) is 3.42. The van der Waals surface area contributed by atoms with E-state index in [1.807, 2.05) is 6.08 Å². The number of hydrogen-bond donors (Lipinski definition) is 0. The zero-order valence-electron chi connectivity index (χ0n) is 49.2. The summed E-state index contributed by atoms with van der Waals surface area (Å²) in [5, 5.41) is 0. The highest BCUT2D eigenvalue weighted by atomic mass is 16.6. The molecule has 430 valence electrons. The molecular formula is C70H114O6. The van der Waals surface area contributed by atoms with Crippen LogP contribution in [0.15, 0.2) is 134 Å². The molecule has 0 aliphatic carbocycles. The van der Waals surface area contributed by atoms with Gasteiger partial charge in [0.1, 0.15) is 13.2 Å². The van der Waals surface area contributed by atoms with Crippen molar-refractivity contribution in [1.82, 2.24) is 0 Å². The summed E-state index contributed by atoms with van der Waals surface area (Å²) in [6, 6.07) is 0. The molecule has 1 unspecified atom stereocenters. The van der Waals surface area contributed by atoms with E-state index in [4.69, 9.17) is 14.2 Å². The van der Waals surface area contributed by atoms with Crippen LogP contribution in [0.25, 0.3) is 0 Å². The number of hydrogen-bond acceptors (Lipinski definition) is 6. The molecule has 0 aromatic carbocycles. The smallest absolute Gasteiger partial charge is 0.306 e. The predicted octanol–water partition coefficient (Wildman–Crippen LogP) is 21.4. The van der Waals surface area contributed by atoms with Crippen molar-refractivity contribution in [1.29, 1.82) is 0 Å². The number of unbranched alkanes of at least 4 members (excludes halogenated alkanes) is 22. The van der Waals surface area contributed by atoms with Crippen LogP contribution in [-0.2, 0) is 28.6 Å². The van der Waals surface area contributed by atoms with E-state index in [9.17, 15) is 14.4 Å². The normalized spacial score (nSPS) is 13.0. The minimum Gasteiger partial charge on any atom is -0.462 e. The molecule has 0 aliphatic heterocycles. The number of carbonyl (C=O) groups is 3. The summed E-state index contributed by atoms with van der Waals surface area (Å²) in [5.41, 5.74) is 0. The summed E-state index contributed by atoms with van der Waals surface area (Å²) in [6.45, 7) is 6.32. The van der Waals surface area contributed by atoms with Gasteiger partial charge in [-0.15, -0.1) is 0 Å². The Labute approximate surface area is 468 Å². The van der Waals surface area contributed by atoms with E-state index < -0.39 is 12.1 Å². The van der Waals surface area contributed by atoms with E-state index in [2.05, 4.69) is 148 Å². The van der Waals surface area contributed by atoms with Crippen molar-refractivity contribution in [3.63, 3.8) is 0 Å². The zero-order chi connectivity index (χ0) is 55.0. The molecule has 0 aromatic heterocycles. The molecule has 0 saturated heterocycles. The SMILES string of the molecule is CC/C=C\C/C=C\C/C=C\C/C=C\C/C=C\C/C=C\CCC(=O)OC(COC(=O)CCCCCCC/C=C\CCCCC)COC(=O)CCCCCCCCCCCCCCCC/C=C\C/C=C\C/C=C\C/C=C\CC. The van der Waals surface area contributed by atoms with E-state index >= 15 is 0 Å². The lowest BCUT2D eigenvalue weighted by Crippen LogP contribution is -2.30. The van der Waals surface area contributed by atoms with Gasteiger partial charge >= 0.3 is 17.9 Å². The third kappa shape index (κ3) is 60.4. The second-order valence-corrected chi connectivity index (χ2v) is 20.2. The first-order chi connectivity index (χ1) is 37.5. The van der Waals surface area contributed by atoms with E-state index in [1.165, 1.54) is 109 Å². The van der Waals surface area contributed by atoms with Crippen LogP contribution < -0.4 is 0 Å². The zero-order valence-corrected chi connectivity index (χ0v) is 49.2. The number of allylic oxidation sites excluding steroid dienone is 22. The number of carbonyl (C=O) groups excluding carboxylic acids is 3. The summed E-state index contributed by atoms with van der Waals surface area (Å²) in [4.78, 5) is 38.2. The van der Waals surface area contributed by atoms with Crippen molar-refractivity contribution >= 4 is 17.9 Å². The molecule has 0 saturated carbocycles. The van der Waals surface area contributed by atoms with Gasteiger partial charge in [-0.1, -0.05) is 264 Å². The molecule has 76 heavy (non-hydrogen) atoms. The van der Waals surface area contributed by atoms with Crippen molar-refractivity contribution in [3.8, 4) is 0 Å². The van der Waals surface area contributed by atoms with Crippen LogP contribution in [-0.4, -0.2) is 37.2 Å². The lowest BCUT2D eigenvalue weighted by atomic mass is 10.0. The lowest BCUT2D eigenvalue weighted by molar-refractivity contribution is -0.166. The molecule has 0 rings (SSSR count). The molecule has 0 bridgehead atoms. The van der Waals surface area contributed by atoms with Gasteiger partial charge in [0.05, 0.1) is 0 Å². The molecule has 6 heteroatoms. The van der Waals surface area contributed by atoms with E-state index in [1.54, 1.807) is 0 Å². The van der Waals surface area contributed by atoms with Gasteiger partial charge in [-0.25, -0.2) is 0 Å². The quantitative estimate of drug-likeness (QED) is 0.0261. The molecule has 0 aromatic rings. The molecule has 1 atom stereocenters. The monoisotopic (exact) mass is 1050 g/mol. The van der Waals surface area contributed by atoms with Crippen LogP contribution in [0, 0.1) is 0 Å². The van der Waals surface area contributed by atoms with Crippen molar-refractivity contribution in [3.05, 3.63) is 134 Å². The Morgan fingerprint density at radius 3 is 0.868 bits per heavy atom. The van der Waals surface area contributed by atoms with Gasteiger partial charge < -0.3 is 14.2 Å². The predicted molar refractivity (Wildman–Crippen MR) is 329 cm³/mol. The molecular weight excluding hydrogens is 937 g/mol. The maximum Gasteiger partial charge on any atom is 0.306 e. The first kappa shape index (κ1) is 71.5. The van der Waals surface area contributed by atoms with E-state index in [0.717, 1.165) is 116 Å². The first-order valence-corrected chi connectivity index (χ1v) is 31.2. The second-order valence-electron chi connectivity index (χ2n) is 20.2. The van der Waals surface area contributed by atoms with Crippen molar-refractivity contribution < 1.29 is 28.6 Å². The Morgan fingerprint density at radius 1 is 0.276 bits per heavy atom. The van der Waals surface area contributed by atoms with E-state index in [0.29, 0.717) is 19.3 Å². The Kier molecular flexibility index (Phi) is 59.4. The fourth-order valence-corrected chi connectivity index (χ4v) is 8.28.